The standard InChI is InChI=1S/C11H24N2O2S/c1-9(7-10(2)14)8-13-11(15)12-5-4-6-16-3/h9-10,14H,4-8H2,1-3H3,(H2,12,13,15). The van der Waals surface area contributed by atoms with Gasteiger partial charge in [0, 0.05) is 13.1 Å². The Hall–Kier alpha value is -0.420. The number of urea groups is 1. The lowest BCUT2D eigenvalue weighted by Gasteiger charge is -2.14. The zero-order valence-electron chi connectivity index (χ0n) is 10.5. The molecule has 0 rings (SSSR count). The van der Waals surface area contributed by atoms with E-state index >= 15 is 0 Å². The smallest absolute Gasteiger partial charge is 0.314 e. The van der Waals surface area contributed by atoms with E-state index < -0.39 is 0 Å². The largest absolute Gasteiger partial charge is 0.393 e. The fourth-order valence-corrected chi connectivity index (χ4v) is 1.85. The number of hydrogen-bond acceptors (Lipinski definition) is 3. The van der Waals surface area contributed by atoms with Gasteiger partial charge in [-0.2, -0.15) is 11.8 Å². The third kappa shape index (κ3) is 10.1. The van der Waals surface area contributed by atoms with Crippen LogP contribution in [0.2, 0.25) is 0 Å². The van der Waals surface area contributed by atoms with E-state index in [0.717, 1.165) is 18.7 Å². The quantitative estimate of drug-likeness (QED) is 0.570. The van der Waals surface area contributed by atoms with Crippen molar-refractivity contribution in [2.24, 2.45) is 5.92 Å². The first-order valence-electron chi connectivity index (χ1n) is 5.75. The normalized spacial score (nSPS) is 14.2. The Kier molecular flexibility index (Phi) is 9.52. The fourth-order valence-electron chi connectivity index (χ4n) is 1.41. The van der Waals surface area contributed by atoms with Gasteiger partial charge in [0.25, 0.3) is 0 Å². The van der Waals surface area contributed by atoms with Gasteiger partial charge in [0.2, 0.25) is 0 Å². The second kappa shape index (κ2) is 9.78. The van der Waals surface area contributed by atoms with Crippen molar-refractivity contribution in [1.82, 2.24) is 10.6 Å². The number of aliphatic hydroxyl groups is 1. The van der Waals surface area contributed by atoms with Crippen molar-refractivity contribution >= 4 is 17.8 Å². The van der Waals surface area contributed by atoms with Gasteiger partial charge >= 0.3 is 6.03 Å². The molecule has 2 atom stereocenters. The minimum absolute atomic E-state index is 0.112. The first-order chi connectivity index (χ1) is 7.56. The third-order valence-corrected chi connectivity index (χ3v) is 2.86. The number of thioether (sulfide) groups is 1. The highest BCUT2D eigenvalue weighted by Crippen LogP contribution is 2.03. The average Bonchev–Trinajstić information content (AvgIpc) is 2.20. The van der Waals surface area contributed by atoms with E-state index in [0.29, 0.717) is 18.9 Å². The Bertz CT molecular complexity index is 189. The number of amides is 2. The maximum atomic E-state index is 11.3. The van der Waals surface area contributed by atoms with E-state index in [4.69, 9.17) is 5.11 Å². The van der Waals surface area contributed by atoms with Crippen molar-refractivity contribution < 1.29 is 9.90 Å². The number of hydrogen-bond donors (Lipinski definition) is 3. The summed E-state index contributed by atoms with van der Waals surface area (Å²) in [5.41, 5.74) is 0. The highest BCUT2D eigenvalue weighted by molar-refractivity contribution is 7.98. The SMILES string of the molecule is CSCCCNC(=O)NCC(C)CC(C)O. The van der Waals surface area contributed by atoms with Crippen LogP contribution in [0.1, 0.15) is 26.7 Å². The zero-order valence-corrected chi connectivity index (χ0v) is 11.3. The van der Waals surface area contributed by atoms with Gasteiger partial charge in [-0.05, 0) is 37.7 Å². The molecular formula is C11H24N2O2S. The minimum atomic E-state index is -0.304. The van der Waals surface area contributed by atoms with Crippen LogP contribution in [0.4, 0.5) is 4.79 Å². The summed E-state index contributed by atoms with van der Waals surface area (Å²) >= 11 is 1.78. The van der Waals surface area contributed by atoms with E-state index in [1.54, 1.807) is 18.7 Å². The number of rotatable bonds is 8. The van der Waals surface area contributed by atoms with E-state index in [1.165, 1.54) is 0 Å². The molecule has 0 spiro atoms. The number of carbonyl (C=O) groups excluding carboxylic acids is 1. The molecule has 0 saturated heterocycles. The van der Waals surface area contributed by atoms with Crippen LogP contribution in [0.3, 0.4) is 0 Å². The molecule has 5 heteroatoms. The number of aliphatic hydroxyl groups excluding tert-OH is 1. The highest BCUT2D eigenvalue weighted by atomic mass is 32.2. The molecule has 0 aromatic rings. The molecule has 0 aliphatic heterocycles. The molecule has 3 N–H and O–H groups in total. The Labute approximate surface area is 103 Å². The fraction of sp³-hybridized carbons (Fsp3) is 0.909. The summed E-state index contributed by atoms with van der Waals surface area (Å²) in [4.78, 5) is 11.3. The van der Waals surface area contributed by atoms with Gasteiger partial charge in [-0.15, -0.1) is 0 Å². The predicted molar refractivity (Wildman–Crippen MR) is 69.9 cm³/mol. The van der Waals surface area contributed by atoms with Gasteiger partial charge in [-0.25, -0.2) is 4.79 Å². The molecule has 0 bridgehead atoms. The van der Waals surface area contributed by atoms with Crippen LogP contribution in [0, 0.1) is 5.92 Å². The van der Waals surface area contributed by atoms with E-state index in [-0.39, 0.29) is 12.1 Å². The molecule has 0 aromatic carbocycles. The van der Waals surface area contributed by atoms with Gasteiger partial charge in [0.15, 0.2) is 0 Å². The summed E-state index contributed by atoms with van der Waals surface area (Å²) in [6.07, 6.45) is 3.46. The maximum Gasteiger partial charge on any atom is 0.314 e. The van der Waals surface area contributed by atoms with Crippen molar-refractivity contribution in [3.63, 3.8) is 0 Å². The summed E-state index contributed by atoms with van der Waals surface area (Å²) < 4.78 is 0. The Morgan fingerprint density at radius 1 is 1.38 bits per heavy atom. The molecule has 2 amide bonds. The number of nitrogens with one attached hydrogen (secondary N) is 2. The van der Waals surface area contributed by atoms with E-state index in [2.05, 4.69) is 16.9 Å². The third-order valence-electron chi connectivity index (χ3n) is 2.17. The van der Waals surface area contributed by atoms with Crippen molar-refractivity contribution in [2.45, 2.75) is 32.8 Å². The van der Waals surface area contributed by atoms with Crippen LogP contribution >= 0.6 is 11.8 Å². The minimum Gasteiger partial charge on any atom is -0.393 e. The van der Waals surface area contributed by atoms with Crippen LogP contribution in [-0.4, -0.2) is 42.3 Å². The molecule has 4 nitrogen and oxygen atoms in total. The lowest BCUT2D eigenvalue weighted by atomic mass is 10.1. The van der Waals surface area contributed by atoms with Crippen LogP contribution in [0.15, 0.2) is 0 Å². The van der Waals surface area contributed by atoms with Gasteiger partial charge in [0.05, 0.1) is 6.10 Å². The van der Waals surface area contributed by atoms with Crippen LogP contribution in [0.5, 0.6) is 0 Å². The van der Waals surface area contributed by atoms with Crippen molar-refractivity contribution in [3.8, 4) is 0 Å². The molecule has 0 radical (unpaired) electrons. The van der Waals surface area contributed by atoms with E-state index in [1.807, 2.05) is 6.92 Å². The van der Waals surface area contributed by atoms with Crippen molar-refractivity contribution in [1.29, 1.82) is 0 Å². The summed E-state index contributed by atoms with van der Waals surface area (Å²) in [6, 6.07) is -0.112. The Morgan fingerprint density at radius 3 is 2.62 bits per heavy atom. The molecule has 0 heterocycles. The molecule has 0 aliphatic carbocycles. The van der Waals surface area contributed by atoms with Crippen LogP contribution in [-0.2, 0) is 0 Å². The lowest BCUT2D eigenvalue weighted by Crippen LogP contribution is -2.38. The Morgan fingerprint density at radius 2 is 2.06 bits per heavy atom. The first kappa shape index (κ1) is 15.6. The monoisotopic (exact) mass is 248 g/mol. The summed E-state index contributed by atoms with van der Waals surface area (Å²) in [7, 11) is 0. The summed E-state index contributed by atoms with van der Waals surface area (Å²) in [5, 5.41) is 14.8. The van der Waals surface area contributed by atoms with Crippen molar-refractivity contribution in [3.05, 3.63) is 0 Å². The molecule has 0 aromatic heterocycles. The molecule has 16 heavy (non-hydrogen) atoms. The zero-order chi connectivity index (χ0) is 12.4. The van der Waals surface area contributed by atoms with Crippen molar-refractivity contribution in [2.75, 3.05) is 25.1 Å². The maximum absolute atomic E-state index is 11.3. The molecule has 96 valence electrons. The number of carbonyl (C=O) groups is 1. The molecule has 0 aliphatic rings. The second-order valence-corrected chi connectivity index (χ2v) is 5.16. The first-order valence-corrected chi connectivity index (χ1v) is 7.14. The molecule has 0 fully saturated rings. The van der Waals surface area contributed by atoms with Gasteiger partial charge in [0.1, 0.15) is 0 Å². The summed E-state index contributed by atoms with van der Waals surface area (Å²) in [5.74, 6) is 1.37. The highest BCUT2D eigenvalue weighted by Gasteiger charge is 2.07. The topological polar surface area (TPSA) is 61.4 Å². The van der Waals surface area contributed by atoms with Crippen LogP contribution < -0.4 is 10.6 Å². The van der Waals surface area contributed by atoms with Gasteiger partial charge < -0.3 is 15.7 Å². The predicted octanol–water partition coefficient (Wildman–Crippen LogP) is 1.45. The molecule has 2 unspecified atom stereocenters. The van der Waals surface area contributed by atoms with Crippen LogP contribution in [0.25, 0.3) is 0 Å². The van der Waals surface area contributed by atoms with E-state index in [9.17, 15) is 4.79 Å². The Balaban J connectivity index is 3.42. The molecular weight excluding hydrogens is 224 g/mol. The average molecular weight is 248 g/mol. The molecule has 0 saturated carbocycles. The van der Waals surface area contributed by atoms with Gasteiger partial charge in [-0.1, -0.05) is 6.92 Å². The lowest BCUT2D eigenvalue weighted by molar-refractivity contribution is 0.163. The summed E-state index contributed by atoms with van der Waals surface area (Å²) in [6.45, 7) is 5.11. The second-order valence-electron chi connectivity index (χ2n) is 4.17. The van der Waals surface area contributed by atoms with Gasteiger partial charge in [-0.3, -0.25) is 0 Å².